The van der Waals surface area contributed by atoms with Gasteiger partial charge in [-0.1, -0.05) is 28.9 Å². The number of hydrogen-bond acceptors (Lipinski definition) is 4. The van der Waals surface area contributed by atoms with E-state index in [0.717, 1.165) is 11.3 Å². The summed E-state index contributed by atoms with van der Waals surface area (Å²) in [5.41, 5.74) is 1.51. The number of nitrogens with zero attached hydrogens (tertiary/aromatic N) is 4. The van der Waals surface area contributed by atoms with Crippen LogP contribution in [0.5, 0.6) is 0 Å². The molecule has 0 aliphatic rings. The molecule has 2 heterocycles. The zero-order chi connectivity index (χ0) is 12.5. The zero-order valence-corrected chi connectivity index (χ0v) is 10.3. The molecule has 0 fully saturated rings. The number of rotatable bonds is 2. The molecule has 1 aromatic carbocycles. The molecule has 6 heteroatoms. The lowest BCUT2D eigenvalue weighted by Crippen LogP contribution is -1.93. The van der Waals surface area contributed by atoms with Crippen LogP contribution in [0.25, 0.3) is 23.0 Å². The molecule has 3 aromatic rings. The first kappa shape index (κ1) is 11.0. The molecule has 0 unspecified atom stereocenters. The Bertz CT molecular complexity index is 689. The third kappa shape index (κ3) is 1.78. The van der Waals surface area contributed by atoms with E-state index in [1.807, 2.05) is 31.3 Å². The summed E-state index contributed by atoms with van der Waals surface area (Å²) >= 11 is 6.08. The minimum absolute atomic E-state index is 0.421. The summed E-state index contributed by atoms with van der Waals surface area (Å²) in [4.78, 5) is 4.32. The summed E-state index contributed by atoms with van der Waals surface area (Å²) in [5, 5.41) is 8.58. The molecule has 5 nitrogen and oxygen atoms in total. The van der Waals surface area contributed by atoms with E-state index in [2.05, 4.69) is 15.2 Å². The zero-order valence-electron chi connectivity index (χ0n) is 9.54. The number of hydrogen-bond donors (Lipinski definition) is 0. The normalized spacial score (nSPS) is 10.8. The van der Waals surface area contributed by atoms with Gasteiger partial charge in [-0.25, -0.2) is 0 Å². The summed E-state index contributed by atoms with van der Waals surface area (Å²) in [6.45, 7) is 0. The Kier molecular flexibility index (Phi) is 2.60. The number of halogens is 1. The monoisotopic (exact) mass is 260 g/mol. The summed E-state index contributed by atoms with van der Waals surface area (Å²) < 4.78 is 6.89. The lowest BCUT2D eigenvalue weighted by atomic mass is 10.2. The number of aromatic nitrogens is 4. The van der Waals surface area contributed by atoms with E-state index >= 15 is 0 Å². The van der Waals surface area contributed by atoms with Crippen LogP contribution in [0, 0.1) is 0 Å². The Morgan fingerprint density at radius 3 is 2.78 bits per heavy atom. The number of benzene rings is 1. The maximum Gasteiger partial charge on any atom is 0.276 e. The second kappa shape index (κ2) is 4.27. The summed E-state index contributed by atoms with van der Waals surface area (Å²) in [5.74, 6) is 0.890. The van der Waals surface area contributed by atoms with Crippen molar-refractivity contribution in [3.63, 3.8) is 0 Å². The molecular weight excluding hydrogens is 252 g/mol. The van der Waals surface area contributed by atoms with Gasteiger partial charge in [-0.05, 0) is 18.2 Å². The van der Waals surface area contributed by atoms with Crippen LogP contribution in [-0.2, 0) is 7.05 Å². The highest BCUT2D eigenvalue weighted by Gasteiger charge is 2.14. The lowest BCUT2D eigenvalue weighted by Gasteiger charge is -1.96. The van der Waals surface area contributed by atoms with E-state index in [4.69, 9.17) is 16.1 Å². The molecule has 0 radical (unpaired) electrons. The van der Waals surface area contributed by atoms with Gasteiger partial charge >= 0.3 is 0 Å². The van der Waals surface area contributed by atoms with Crippen LogP contribution < -0.4 is 0 Å². The van der Waals surface area contributed by atoms with Gasteiger partial charge in [0.1, 0.15) is 5.69 Å². The first-order valence-corrected chi connectivity index (χ1v) is 5.70. The van der Waals surface area contributed by atoms with E-state index in [9.17, 15) is 0 Å². The van der Waals surface area contributed by atoms with Crippen LogP contribution in [0.15, 0.2) is 41.1 Å². The fourth-order valence-electron chi connectivity index (χ4n) is 1.66. The highest BCUT2D eigenvalue weighted by Crippen LogP contribution is 2.27. The molecule has 0 aliphatic carbocycles. The lowest BCUT2D eigenvalue weighted by molar-refractivity contribution is 0.428. The maximum atomic E-state index is 6.08. The smallest absolute Gasteiger partial charge is 0.276 e. The maximum absolute atomic E-state index is 6.08. The second-order valence-corrected chi connectivity index (χ2v) is 4.15. The molecule has 0 saturated heterocycles. The standard InChI is InChI=1S/C12H9ClN4O/c1-17-10(6-7-14-17)12-15-11(16-18-12)8-4-2-3-5-9(8)13/h2-7H,1H3. The second-order valence-electron chi connectivity index (χ2n) is 3.74. The fraction of sp³-hybridized carbons (Fsp3) is 0.0833. The summed E-state index contributed by atoms with van der Waals surface area (Å²) in [6, 6.07) is 9.18. The summed E-state index contributed by atoms with van der Waals surface area (Å²) in [7, 11) is 1.81. The molecule has 3 rings (SSSR count). The van der Waals surface area contributed by atoms with Crippen molar-refractivity contribution in [2.75, 3.05) is 0 Å². The predicted octanol–water partition coefficient (Wildman–Crippen LogP) is 2.79. The molecule has 0 saturated carbocycles. The Balaban J connectivity index is 2.05. The highest BCUT2D eigenvalue weighted by molar-refractivity contribution is 6.33. The Morgan fingerprint density at radius 1 is 1.22 bits per heavy atom. The minimum Gasteiger partial charge on any atom is -0.332 e. The van der Waals surface area contributed by atoms with E-state index < -0.39 is 0 Å². The molecule has 0 amide bonds. The molecule has 0 spiro atoms. The van der Waals surface area contributed by atoms with Crippen molar-refractivity contribution in [2.45, 2.75) is 0 Å². The quantitative estimate of drug-likeness (QED) is 0.711. The van der Waals surface area contributed by atoms with Gasteiger partial charge in [-0.15, -0.1) is 0 Å². The molecule has 0 atom stereocenters. The van der Waals surface area contributed by atoms with Gasteiger partial charge in [0.15, 0.2) is 0 Å². The molecule has 0 N–H and O–H groups in total. The van der Waals surface area contributed by atoms with E-state index in [-0.39, 0.29) is 0 Å². The third-order valence-electron chi connectivity index (χ3n) is 2.58. The van der Waals surface area contributed by atoms with Crippen LogP contribution in [-0.4, -0.2) is 19.9 Å². The van der Waals surface area contributed by atoms with Crippen molar-refractivity contribution in [1.29, 1.82) is 0 Å². The largest absolute Gasteiger partial charge is 0.332 e. The first-order chi connectivity index (χ1) is 8.75. The van der Waals surface area contributed by atoms with E-state index in [1.165, 1.54) is 0 Å². The molecule has 18 heavy (non-hydrogen) atoms. The highest BCUT2D eigenvalue weighted by atomic mass is 35.5. The number of aryl methyl sites for hydroxylation is 1. The van der Waals surface area contributed by atoms with Crippen molar-refractivity contribution in [1.82, 2.24) is 19.9 Å². The molecule has 0 bridgehead atoms. The van der Waals surface area contributed by atoms with Gasteiger partial charge in [-0.2, -0.15) is 10.1 Å². The van der Waals surface area contributed by atoms with Gasteiger partial charge in [-0.3, -0.25) is 4.68 Å². The molecule has 90 valence electrons. The van der Waals surface area contributed by atoms with Gasteiger partial charge < -0.3 is 4.52 Å². The molecular formula is C12H9ClN4O. The summed E-state index contributed by atoms with van der Waals surface area (Å²) in [6.07, 6.45) is 1.68. The van der Waals surface area contributed by atoms with Crippen molar-refractivity contribution in [3.8, 4) is 23.0 Å². The first-order valence-electron chi connectivity index (χ1n) is 5.32. The van der Waals surface area contributed by atoms with E-state index in [1.54, 1.807) is 16.9 Å². The van der Waals surface area contributed by atoms with Crippen molar-refractivity contribution in [2.24, 2.45) is 7.05 Å². The molecule has 0 aliphatic heterocycles. The van der Waals surface area contributed by atoms with E-state index in [0.29, 0.717) is 16.7 Å². The Hall–Kier alpha value is -2.14. The van der Waals surface area contributed by atoms with Gasteiger partial charge in [0.2, 0.25) is 5.82 Å². The van der Waals surface area contributed by atoms with Crippen LogP contribution >= 0.6 is 11.6 Å². The Morgan fingerprint density at radius 2 is 2.06 bits per heavy atom. The van der Waals surface area contributed by atoms with Crippen LogP contribution in [0.4, 0.5) is 0 Å². The minimum atomic E-state index is 0.421. The predicted molar refractivity (Wildman–Crippen MR) is 66.9 cm³/mol. The third-order valence-corrected chi connectivity index (χ3v) is 2.91. The van der Waals surface area contributed by atoms with Gasteiger partial charge in [0.05, 0.1) is 5.02 Å². The van der Waals surface area contributed by atoms with Crippen LogP contribution in [0.3, 0.4) is 0 Å². The van der Waals surface area contributed by atoms with Gasteiger partial charge in [0.25, 0.3) is 5.89 Å². The van der Waals surface area contributed by atoms with Gasteiger partial charge in [0, 0.05) is 18.8 Å². The van der Waals surface area contributed by atoms with Crippen molar-refractivity contribution < 1.29 is 4.52 Å². The van der Waals surface area contributed by atoms with Crippen molar-refractivity contribution >= 4 is 11.6 Å². The topological polar surface area (TPSA) is 56.7 Å². The van der Waals surface area contributed by atoms with Crippen LogP contribution in [0.1, 0.15) is 0 Å². The van der Waals surface area contributed by atoms with Crippen LogP contribution in [0.2, 0.25) is 5.02 Å². The SMILES string of the molecule is Cn1nccc1-c1nc(-c2ccccc2Cl)no1. The van der Waals surface area contributed by atoms with Crippen molar-refractivity contribution in [3.05, 3.63) is 41.6 Å². The molecule has 2 aromatic heterocycles. The average Bonchev–Trinajstić information content (AvgIpc) is 2.98. The Labute approximate surface area is 108 Å². The fourth-order valence-corrected chi connectivity index (χ4v) is 1.88. The average molecular weight is 261 g/mol.